The van der Waals surface area contributed by atoms with Gasteiger partial charge < -0.3 is 48.9 Å². The van der Waals surface area contributed by atoms with Crippen molar-refractivity contribution >= 4 is 11.9 Å². The van der Waals surface area contributed by atoms with Gasteiger partial charge in [0.15, 0.2) is 0 Å². The Bertz CT molecular complexity index is 1070. The van der Waals surface area contributed by atoms with Crippen LogP contribution in [0.1, 0.15) is 44.3 Å². The second-order valence-corrected chi connectivity index (χ2v) is 10.9. The number of carbonyl (C=O) groups excluding carboxylic acids is 2. The number of cyclic esters (lactones) is 1. The van der Waals surface area contributed by atoms with Crippen LogP contribution in [0, 0.1) is 23.2 Å². The van der Waals surface area contributed by atoms with Gasteiger partial charge in [-0.1, -0.05) is 6.92 Å². The number of aliphatic hydroxyl groups excluding tert-OH is 5. The predicted molar refractivity (Wildman–Crippen MR) is 124 cm³/mol. The number of hydrogen-bond acceptors (Lipinski definition) is 12. The summed E-state index contributed by atoms with van der Waals surface area (Å²) >= 11 is 0. The molecule has 2 saturated heterocycles. The molecule has 0 radical (unpaired) electrons. The molecule has 12 heteroatoms. The van der Waals surface area contributed by atoms with Crippen molar-refractivity contribution in [1.29, 1.82) is 0 Å². The van der Waals surface area contributed by atoms with Crippen molar-refractivity contribution in [2.75, 3.05) is 13.7 Å². The maximum atomic E-state index is 13.4. The highest BCUT2D eigenvalue weighted by atomic mass is 16.7. The zero-order chi connectivity index (χ0) is 27.4. The molecule has 3 heterocycles. The highest BCUT2D eigenvalue weighted by molar-refractivity contribution is 5.79. The minimum absolute atomic E-state index is 0.0118. The number of furan rings is 1. The van der Waals surface area contributed by atoms with Gasteiger partial charge >= 0.3 is 11.9 Å². The number of rotatable bonds is 5. The normalized spacial score (nSPS) is 43.1. The lowest BCUT2D eigenvalue weighted by molar-refractivity contribution is -0.293. The van der Waals surface area contributed by atoms with Crippen LogP contribution in [0.4, 0.5) is 0 Å². The number of methoxy groups -OCH3 is 1. The molecule has 3 fully saturated rings. The molecule has 11 atom stereocenters. The van der Waals surface area contributed by atoms with Crippen LogP contribution < -0.4 is 0 Å². The van der Waals surface area contributed by atoms with E-state index < -0.39 is 84.6 Å². The molecule has 5 N–H and O–H groups in total. The summed E-state index contributed by atoms with van der Waals surface area (Å²) in [5, 5.41) is 51.4. The summed E-state index contributed by atoms with van der Waals surface area (Å²) in [6.45, 7) is 1.30. The highest BCUT2D eigenvalue weighted by Gasteiger charge is 2.60. The van der Waals surface area contributed by atoms with Crippen molar-refractivity contribution in [3.8, 4) is 0 Å². The summed E-state index contributed by atoms with van der Waals surface area (Å²) in [4.78, 5) is 26.3. The van der Waals surface area contributed by atoms with Gasteiger partial charge in [0.1, 0.15) is 36.3 Å². The van der Waals surface area contributed by atoms with Gasteiger partial charge in [-0.05, 0) is 42.2 Å². The first-order valence-electron chi connectivity index (χ1n) is 12.8. The maximum absolute atomic E-state index is 13.4. The fourth-order valence-electron chi connectivity index (χ4n) is 6.66. The minimum atomic E-state index is -1.68. The van der Waals surface area contributed by atoms with E-state index in [2.05, 4.69) is 0 Å². The standard InChI is InChI=1S/C26H34O12/c1-26-8-17(11-3-4-35-10-11)36-24(33)15(26)7-16(19-13(23(32)34-2)5-12(28)6-14(19)26)37-25-22(31)21(30)20(29)18(9-27)38-25/h3-4,10,12-15,17-18,20-22,25,27-31H,5-9H2,1-2H3. The summed E-state index contributed by atoms with van der Waals surface area (Å²) in [6, 6.07) is 1.72. The molecule has 210 valence electrons. The smallest absolute Gasteiger partial charge is 0.313 e. The molecule has 4 aliphatic rings. The summed E-state index contributed by atoms with van der Waals surface area (Å²) in [7, 11) is 1.25. The van der Waals surface area contributed by atoms with E-state index >= 15 is 0 Å². The molecule has 11 unspecified atom stereocenters. The topological polar surface area (TPSA) is 185 Å². The Labute approximate surface area is 218 Å². The van der Waals surface area contributed by atoms with Crippen LogP contribution in [-0.4, -0.2) is 88.0 Å². The van der Waals surface area contributed by atoms with Crippen LogP contribution in [0.15, 0.2) is 34.3 Å². The van der Waals surface area contributed by atoms with Gasteiger partial charge in [0.05, 0.1) is 44.2 Å². The van der Waals surface area contributed by atoms with Crippen LogP contribution in [0.25, 0.3) is 0 Å². The molecule has 1 saturated carbocycles. The number of allylic oxidation sites excluding steroid dienone is 1. The number of ether oxygens (including phenoxy) is 4. The second kappa shape index (κ2) is 10.2. The lowest BCUT2D eigenvalue weighted by Gasteiger charge is -2.55. The third kappa shape index (κ3) is 4.42. The summed E-state index contributed by atoms with van der Waals surface area (Å²) in [5.74, 6) is -2.93. The molecule has 0 amide bonds. The number of esters is 2. The van der Waals surface area contributed by atoms with Crippen molar-refractivity contribution in [3.63, 3.8) is 0 Å². The highest BCUT2D eigenvalue weighted by Crippen LogP contribution is 2.61. The van der Waals surface area contributed by atoms with Crippen molar-refractivity contribution in [3.05, 3.63) is 35.5 Å². The zero-order valence-electron chi connectivity index (χ0n) is 21.1. The van der Waals surface area contributed by atoms with Crippen molar-refractivity contribution in [2.45, 2.75) is 75.5 Å². The lowest BCUT2D eigenvalue weighted by atomic mass is 9.52. The monoisotopic (exact) mass is 538 g/mol. The van der Waals surface area contributed by atoms with Crippen molar-refractivity contribution in [1.82, 2.24) is 0 Å². The van der Waals surface area contributed by atoms with Crippen molar-refractivity contribution in [2.24, 2.45) is 23.2 Å². The predicted octanol–water partition coefficient (Wildman–Crippen LogP) is -0.0755. The van der Waals surface area contributed by atoms with E-state index in [4.69, 9.17) is 23.4 Å². The molecule has 1 aromatic heterocycles. The molecule has 38 heavy (non-hydrogen) atoms. The van der Waals surface area contributed by atoms with Crippen LogP contribution in [0.2, 0.25) is 0 Å². The van der Waals surface area contributed by atoms with Gasteiger partial charge in [-0.2, -0.15) is 0 Å². The maximum Gasteiger partial charge on any atom is 0.313 e. The average Bonchev–Trinajstić information content (AvgIpc) is 3.44. The lowest BCUT2D eigenvalue weighted by Crippen LogP contribution is -2.59. The van der Waals surface area contributed by atoms with E-state index in [0.717, 1.165) is 0 Å². The number of hydrogen-bond donors (Lipinski definition) is 5. The largest absolute Gasteiger partial charge is 0.472 e. The second-order valence-electron chi connectivity index (χ2n) is 10.9. The first kappa shape index (κ1) is 27.1. The fraction of sp³-hybridized carbons (Fsp3) is 0.692. The van der Waals surface area contributed by atoms with Crippen molar-refractivity contribution < 1.29 is 58.5 Å². The van der Waals surface area contributed by atoms with E-state index in [1.807, 2.05) is 6.92 Å². The molecule has 0 spiro atoms. The Hall–Kier alpha value is -2.48. The molecule has 0 aromatic carbocycles. The molecule has 2 aliphatic heterocycles. The number of fused-ring (bicyclic) bond motifs is 3. The van der Waals surface area contributed by atoms with E-state index in [1.165, 1.54) is 19.6 Å². The van der Waals surface area contributed by atoms with Gasteiger partial charge in [-0.25, -0.2) is 0 Å². The molecular formula is C26H34O12. The number of aliphatic hydroxyl groups is 5. The van der Waals surface area contributed by atoms with Gasteiger partial charge in [0.25, 0.3) is 0 Å². The fourth-order valence-corrected chi connectivity index (χ4v) is 6.66. The first-order valence-corrected chi connectivity index (χ1v) is 12.8. The quantitative estimate of drug-likeness (QED) is 0.315. The minimum Gasteiger partial charge on any atom is -0.472 e. The molecular weight excluding hydrogens is 504 g/mol. The van der Waals surface area contributed by atoms with E-state index in [-0.39, 0.29) is 25.0 Å². The average molecular weight is 539 g/mol. The molecule has 1 aromatic rings. The Morgan fingerprint density at radius 2 is 1.89 bits per heavy atom. The Balaban J connectivity index is 1.56. The van der Waals surface area contributed by atoms with Crippen LogP contribution in [-0.2, 0) is 28.5 Å². The molecule has 12 nitrogen and oxygen atoms in total. The van der Waals surface area contributed by atoms with Gasteiger partial charge in [-0.15, -0.1) is 0 Å². The Morgan fingerprint density at radius 1 is 1.13 bits per heavy atom. The number of carbonyl (C=O) groups is 2. The van der Waals surface area contributed by atoms with Crippen LogP contribution in [0.3, 0.4) is 0 Å². The molecule has 5 rings (SSSR count). The SMILES string of the molecule is COC(=O)C1CC(O)CC2C1=C(OC1OC(CO)C(O)C(O)C1O)CC1C(=O)OC(c3ccoc3)CC12C. The third-order valence-corrected chi connectivity index (χ3v) is 8.75. The Morgan fingerprint density at radius 3 is 2.55 bits per heavy atom. The van der Waals surface area contributed by atoms with Gasteiger partial charge in [-0.3, -0.25) is 9.59 Å². The summed E-state index contributed by atoms with van der Waals surface area (Å²) in [5.41, 5.74) is 0.508. The van der Waals surface area contributed by atoms with E-state index in [0.29, 0.717) is 17.6 Å². The van der Waals surface area contributed by atoms with Crippen LogP contribution >= 0.6 is 0 Å². The van der Waals surface area contributed by atoms with Crippen LogP contribution in [0.5, 0.6) is 0 Å². The molecule has 2 aliphatic carbocycles. The summed E-state index contributed by atoms with van der Waals surface area (Å²) in [6.07, 6.45) is -5.28. The Kier molecular flexibility index (Phi) is 7.31. The van der Waals surface area contributed by atoms with Gasteiger partial charge in [0, 0.05) is 12.0 Å². The van der Waals surface area contributed by atoms with E-state index in [1.54, 1.807) is 6.07 Å². The van der Waals surface area contributed by atoms with E-state index in [9.17, 15) is 35.1 Å². The van der Waals surface area contributed by atoms with Gasteiger partial charge in [0.2, 0.25) is 6.29 Å². The zero-order valence-corrected chi connectivity index (χ0v) is 21.1. The molecule has 0 bridgehead atoms. The first-order chi connectivity index (χ1) is 18.1. The summed E-state index contributed by atoms with van der Waals surface area (Å²) < 4.78 is 27.6. The third-order valence-electron chi connectivity index (χ3n) is 8.75.